The van der Waals surface area contributed by atoms with E-state index in [2.05, 4.69) is 21.2 Å². The number of rotatable bonds is 6. The highest BCUT2D eigenvalue weighted by Crippen LogP contribution is 2.33. The highest BCUT2D eigenvalue weighted by molar-refractivity contribution is 9.10. The highest BCUT2D eigenvalue weighted by atomic mass is 79.9. The zero-order valence-electron chi connectivity index (χ0n) is 11.7. The van der Waals surface area contributed by atoms with Crippen LogP contribution in [-0.4, -0.2) is 38.8 Å². The largest absolute Gasteiger partial charge is 0.398 e. The third-order valence-corrected chi connectivity index (χ3v) is 5.96. The van der Waals surface area contributed by atoms with Gasteiger partial charge in [-0.1, -0.05) is 18.5 Å². The normalized spacial score (nSPS) is 11.7. The number of benzene rings is 1. The highest BCUT2D eigenvalue weighted by Gasteiger charge is 2.28. The second-order valence-corrected chi connectivity index (χ2v) is 7.45. The fraction of sp³-hybridized carbons (Fsp3) is 0.417. The van der Waals surface area contributed by atoms with E-state index in [0.717, 1.165) is 4.31 Å². The number of nitrogens with one attached hydrogen (secondary N) is 1. The Bertz CT molecular complexity index is 637. The minimum absolute atomic E-state index is 0.0511. The van der Waals surface area contributed by atoms with Gasteiger partial charge in [0, 0.05) is 24.3 Å². The molecule has 0 aliphatic carbocycles. The maximum absolute atomic E-state index is 12.7. The van der Waals surface area contributed by atoms with Crippen molar-refractivity contribution in [2.75, 3.05) is 25.9 Å². The number of nitrogens with zero attached hydrogens (tertiary/aromatic N) is 1. The second-order valence-electron chi connectivity index (χ2n) is 4.32. The van der Waals surface area contributed by atoms with Crippen molar-refractivity contribution in [1.82, 2.24) is 9.62 Å². The van der Waals surface area contributed by atoms with Crippen molar-refractivity contribution in [3.05, 3.63) is 21.6 Å². The number of sulfonamides is 1. The van der Waals surface area contributed by atoms with E-state index in [9.17, 15) is 13.2 Å². The molecule has 0 radical (unpaired) electrons. The summed E-state index contributed by atoms with van der Waals surface area (Å²) >= 11 is 9.04. The topological polar surface area (TPSA) is 92.5 Å². The molecule has 0 aromatic heterocycles. The van der Waals surface area contributed by atoms with Crippen molar-refractivity contribution in [1.29, 1.82) is 0 Å². The molecule has 0 aliphatic heterocycles. The molecule has 9 heteroatoms. The summed E-state index contributed by atoms with van der Waals surface area (Å²) in [5.41, 5.74) is 5.95. The molecule has 1 rings (SSSR count). The first-order valence-electron chi connectivity index (χ1n) is 6.19. The van der Waals surface area contributed by atoms with Gasteiger partial charge in [0.2, 0.25) is 15.9 Å². The van der Waals surface area contributed by atoms with Gasteiger partial charge >= 0.3 is 0 Å². The Labute approximate surface area is 137 Å². The van der Waals surface area contributed by atoms with E-state index in [0.29, 0.717) is 6.42 Å². The summed E-state index contributed by atoms with van der Waals surface area (Å²) < 4.78 is 26.7. The Hall–Kier alpha value is -0.830. The lowest BCUT2D eigenvalue weighted by atomic mass is 10.3. The van der Waals surface area contributed by atoms with E-state index in [1.54, 1.807) is 0 Å². The standard InChI is InChI=1S/C12H17BrClN3O3S/c1-3-4-17(7-11(18)16-2)21(19,20)10-6-8(14)5-9(15)12(10)13/h5-6H,3-4,7,15H2,1-2H3,(H,16,18). The summed E-state index contributed by atoms with van der Waals surface area (Å²) in [5, 5.41) is 2.62. The molecule has 0 atom stereocenters. The van der Waals surface area contributed by atoms with Gasteiger partial charge in [-0.05, 0) is 34.5 Å². The third-order valence-electron chi connectivity index (χ3n) is 2.72. The van der Waals surface area contributed by atoms with Gasteiger partial charge < -0.3 is 11.1 Å². The zero-order valence-corrected chi connectivity index (χ0v) is 14.8. The summed E-state index contributed by atoms with van der Waals surface area (Å²) in [6.07, 6.45) is 0.573. The van der Waals surface area contributed by atoms with Gasteiger partial charge in [0.15, 0.2) is 0 Å². The number of carbonyl (C=O) groups excluding carboxylic acids is 1. The van der Waals surface area contributed by atoms with Gasteiger partial charge in [-0.3, -0.25) is 4.79 Å². The maximum Gasteiger partial charge on any atom is 0.244 e. The summed E-state index contributed by atoms with van der Waals surface area (Å²) in [5.74, 6) is -0.391. The molecule has 1 aromatic carbocycles. The number of hydrogen-bond acceptors (Lipinski definition) is 4. The van der Waals surface area contributed by atoms with Gasteiger partial charge in [0.1, 0.15) is 0 Å². The number of likely N-dealkylation sites (N-methyl/N-ethyl adjacent to an activating group) is 1. The van der Waals surface area contributed by atoms with Crippen LogP contribution in [0.4, 0.5) is 5.69 Å². The van der Waals surface area contributed by atoms with Crippen molar-refractivity contribution in [3.8, 4) is 0 Å². The average Bonchev–Trinajstić information content (AvgIpc) is 2.41. The van der Waals surface area contributed by atoms with Crippen LogP contribution in [0.3, 0.4) is 0 Å². The molecular formula is C12H17BrClN3O3S. The van der Waals surface area contributed by atoms with Crippen molar-refractivity contribution in [2.45, 2.75) is 18.2 Å². The SMILES string of the molecule is CCCN(CC(=O)NC)S(=O)(=O)c1cc(Cl)cc(N)c1Br. The zero-order chi connectivity index (χ0) is 16.2. The van der Waals surface area contributed by atoms with Crippen LogP contribution in [0.1, 0.15) is 13.3 Å². The lowest BCUT2D eigenvalue weighted by Crippen LogP contribution is -2.40. The summed E-state index contributed by atoms with van der Waals surface area (Å²) in [4.78, 5) is 11.5. The third kappa shape index (κ3) is 4.32. The molecule has 3 N–H and O–H groups in total. The van der Waals surface area contributed by atoms with Crippen LogP contribution in [0.5, 0.6) is 0 Å². The van der Waals surface area contributed by atoms with E-state index in [-0.39, 0.29) is 33.2 Å². The van der Waals surface area contributed by atoms with Crippen molar-refractivity contribution in [2.24, 2.45) is 0 Å². The van der Waals surface area contributed by atoms with Gasteiger partial charge in [-0.2, -0.15) is 4.31 Å². The van der Waals surface area contributed by atoms with Crippen LogP contribution in [0.2, 0.25) is 5.02 Å². The Morgan fingerprint density at radius 3 is 2.62 bits per heavy atom. The monoisotopic (exact) mass is 397 g/mol. The lowest BCUT2D eigenvalue weighted by molar-refractivity contribution is -0.120. The van der Waals surface area contributed by atoms with Crippen molar-refractivity contribution >= 4 is 49.1 Å². The van der Waals surface area contributed by atoms with Crippen LogP contribution >= 0.6 is 27.5 Å². The van der Waals surface area contributed by atoms with Gasteiger partial charge in [0.05, 0.1) is 15.9 Å². The van der Waals surface area contributed by atoms with Crippen LogP contribution in [0.15, 0.2) is 21.5 Å². The number of nitrogen functional groups attached to an aromatic ring is 1. The minimum Gasteiger partial charge on any atom is -0.398 e. The first-order chi connectivity index (χ1) is 9.73. The predicted octanol–water partition coefficient (Wildman–Crippen LogP) is 1.83. The molecule has 1 amide bonds. The quantitative estimate of drug-likeness (QED) is 0.715. The number of amides is 1. The van der Waals surface area contributed by atoms with Crippen molar-refractivity contribution < 1.29 is 13.2 Å². The number of hydrogen-bond donors (Lipinski definition) is 2. The van der Waals surface area contributed by atoms with E-state index >= 15 is 0 Å². The number of halogens is 2. The predicted molar refractivity (Wildman–Crippen MR) is 86.7 cm³/mol. The van der Waals surface area contributed by atoms with Crippen molar-refractivity contribution in [3.63, 3.8) is 0 Å². The summed E-state index contributed by atoms with van der Waals surface area (Å²) in [6, 6.07) is 2.76. The molecule has 0 aliphatic rings. The fourth-order valence-corrected chi connectivity index (χ4v) is 4.43. The van der Waals surface area contributed by atoms with Crippen LogP contribution in [0.25, 0.3) is 0 Å². The molecule has 0 bridgehead atoms. The lowest BCUT2D eigenvalue weighted by Gasteiger charge is -2.22. The van der Waals surface area contributed by atoms with Gasteiger partial charge in [0.25, 0.3) is 0 Å². The average molecular weight is 399 g/mol. The summed E-state index contributed by atoms with van der Waals surface area (Å²) in [6.45, 7) is 1.79. The first-order valence-corrected chi connectivity index (χ1v) is 8.80. The molecule has 21 heavy (non-hydrogen) atoms. The molecule has 0 spiro atoms. The molecule has 0 saturated heterocycles. The Morgan fingerprint density at radius 2 is 2.10 bits per heavy atom. The van der Waals surface area contributed by atoms with E-state index in [4.69, 9.17) is 17.3 Å². The molecule has 0 unspecified atom stereocenters. The number of nitrogens with two attached hydrogens (primary N) is 1. The smallest absolute Gasteiger partial charge is 0.244 e. The molecule has 118 valence electrons. The van der Waals surface area contributed by atoms with E-state index in [1.807, 2.05) is 6.92 Å². The Balaban J connectivity index is 3.32. The number of anilines is 1. The van der Waals surface area contributed by atoms with Gasteiger partial charge in [-0.25, -0.2) is 8.42 Å². The minimum atomic E-state index is -3.88. The van der Waals surface area contributed by atoms with Crippen LogP contribution < -0.4 is 11.1 Å². The maximum atomic E-state index is 12.7. The fourth-order valence-electron chi connectivity index (χ4n) is 1.68. The Morgan fingerprint density at radius 1 is 1.48 bits per heavy atom. The van der Waals surface area contributed by atoms with Crippen LogP contribution in [-0.2, 0) is 14.8 Å². The molecular weight excluding hydrogens is 382 g/mol. The second kappa shape index (κ2) is 7.44. The van der Waals surface area contributed by atoms with E-state index in [1.165, 1.54) is 19.2 Å². The van der Waals surface area contributed by atoms with Crippen LogP contribution in [0, 0.1) is 0 Å². The number of carbonyl (C=O) groups is 1. The molecule has 0 heterocycles. The molecule has 1 aromatic rings. The first kappa shape index (κ1) is 18.2. The Kier molecular flexibility index (Phi) is 6.45. The molecule has 0 saturated carbocycles. The van der Waals surface area contributed by atoms with Gasteiger partial charge in [-0.15, -0.1) is 0 Å². The molecule has 0 fully saturated rings. The van der Waals surface area contributed by atoms with E-state index < -0.39 is 15.9 Å². The molecule has 6 nitrogen and oxygen atoms in total. The summed E-state index contributed by atoms with van der Waals surface area (Å²) in [7, 11) is -2.43.